The first-order valence-corrected chi connectivity index (χ1v) is 12.6. The second-order valence-electron chi connectivity index (χ2n) is 7.56. The number of carbonyl (C=O) groups excluding carboxylic acids is 2. The van der Waals surface area contributed by atoms with Crippen molar-refractivity contribution in [2.45, 2.75) is 18.7 Å². The summed E-state index contributed by atoms with van der Waals surface area (Å²) in [5.74, 6) is 0.775. The van der Waals surface area contributed by atoms with Gasteiger partial charge >= 0.3 is 5.97 Å². The van der Waals surface area contributed by atoms with Gasteiger partial charge in [0.05, 0.1) is 12.9 Å². The second kappa shape index (κ2) is 11.2. The number of hydrogen-bond acceptors (Lipinski definition) is 8. The van der Waals surface area contributed by atoms with Gasteiger partial charge in [0.15, 0.2) is 11.0 Å². The highest BCUT2D eigenvalue weighted by atomic mass is 32.2. The molecule has 2 aromatic heterocycles. The van der Waals surface area contributed by atoms with Crippen LogP contribution < -0.4 is 10.1 Å². The van der Waals surface area contributed by atoms with Crippen molar-refractivity contribution in [3.63, 3.8) is 0 Å². The first-order chi connectivity index (χ1) is 17.0. The van der Waals surface area contributed by atoms with E-state index in [2.05, 4.69) is 15.5 Å². The third-order valence-electron chi connectivity index (χ3n) is 5.23. The fourth-order valence-electron chi connectivity index (χ4n) is 3.33. The van der Waals surface area contributed by atoms with E-state index in [1.807, 2.05) is 73.9 Å². The molecule has 1 N–H and O–H groups in total. The average molecular weight is 509 g/mol. The molecule has 35 heavy (non-hydrogen) atoms. The lowest BCUT2D eigenvalue weighted by atomic mass is 10.0. The van der Waals surface area contributed by atoms with Crippen LogP contribution in [0.25, 0.3) is 11.1 Å². The molecule has 4 aromatic rings. The zero-order chi connectivity index (χ0) is 24.8. The van der Waals surface area contributed by atoms with E-state index < -0.39 is 5.97 Å². The van der Waals surface area contributed by atoms with Crippen LogP contribution in [-0.2, 0) is 23.2 Å². The van der Waals surface area contributed by atoms with Crippen molar-refractivity contribution in [2.24, 2.45) is 7.05 Å². The average Bonchev–Trinajstić information content (AvgIpc) is 3.45. The Hall–Kier alpha value is -3.63. The molecule has 0 aliphatic heterocycles. The van der Waals surface area contributed by atoms with Gasteiger partial charge in [-0.05, 0) is 24.1 Å². The number of carbonyl (C=O) groups is 2. The zero-order valence-corrected chi connectivity index (χ0v) is 21.1. The van der Waals surface area contributed by atoms with E-state index in [4.69, 9.17) is 9.47 Å². The van der Waals surface area contributed by atoms with E-state index in [-0.39, 0.29) is 18.3 Å². The van der Waals surface area contributed by atoms with Gasteiger partial charge in [-0.15, -0.1) is 21.5 Å². The molecule has 0 fully saturated rings. The minimum atomic E-state index is -0.500. The Morgan fingerprint density at radius 3 is 2.57 bits per heavy atom. The number of ether oxygens (including phenoxy) is 2. The van der Waals surface area contributed by atoms with Crippen LogP contribution in [0.2, 0.25) is 0 Å². The molecular weight excluding hydrogens is 484 g/mol. The number of rotatable bonds is 9. The molecule has 1 amide bonds. The van der Waals surface area contributed by atoms with Gasteiger partial charge in [-0.3, -0.25) is 4.79 Å². The number of nitrogens with one attached hydrogen (secondary N) is 1. The number of para-hydroxylation sites is 1. The summed E-state index contributed by atoms with van der Waals surface area (Å²) >= 11 is 2.54. The van der Waals surface area contributed by atoms with Crippen molar-refractivity contribution in [1.29, 1.82) is 0 Å². The number of esters is 1. The van der Waals surface area contributed by atoms with Gasteiger partial charge in [-0.1, -0.05) is 60.3 Å². The van der Waals surface area contributed by atoms with Crippen LogP contribution in [0.4, 0.5) is 5.00 Å². The Labute approximate surface area is 211 Å². The fraction of sp³-hybridized carbons (Fsp3) is 0.200. The van der Waals surface area contributed by atoms with Gasteiger partial charge in [0.25, 0.3) is 0 Å². The van der Waals surface area contributed by atoms with Crippen LogP contribution in [0.5, 0.6) is 5.75 Å². The minimum Gasteiger partial charge on any atom is -0.485 e. The SMILES string of the molecule is COC(=O)c1c(-c2ccccc2)csc1NC(=O)CSc1nnc(COc2ccccc2C)n1C. The lowest BCUT2D eigenvalue weighted by Crippen LogP contribution is -2.16. The molecule has 0 aliphatic carbocycles. The number of benzene rings is 2. The molecule has 10 heteroatoms. The van der Waals surface area contributed by atoms with Crippen molar-refractivity contribution in [3.8, 4) is 16.9 Å². The highest BCUT2D eigenvalue weighted by Crippen LogP contribution is 2.36. The maximum absolute atomic E-state index is 12.7. The van der Waals surface area contributed by atoms with Gasteiger partial charge in [-0.25, -0.2) is 4.79 Å². The van der Waals surface area contributed by atoms with E-state index in [0.29, 0.717) is 21.5 Å². The number of thioether (sulfide) groups is 1. The molecule has 0 saturated heterocycles. The van der Waals surface area contributed by atoms with Crippen molar-refractivity contribution < 1.29 is 19.1 Å². The molecule has 180 valence electrons. The summed E-state index contributed by atoms with van der Waals surface area (Å²) < 4.78 is 12.6. The first-order valence-electron chi connectivity index (χ1n) is 10.7. The smallest absolute Gasteiger partial charge is 0.341 e. The van der Waals surface area contributed by atoms with E-state index in [1.54, 1.807) is 4.57 Å². The summed E-state index contributed by atoms with van der Waals surface area (Å²) in [7, 11) is 3.16. The molecule has 0 bridgehead atoms. The summed E-state index contributed by atoms with van der Waals surface area (Å²) in [4.78, 5) is 25.2. The number of hydrogen-bond donors (Lipinski definition) is 1. The molecule has 8 nitrogen and oxygen atoms in total. The van der Waals surface area contributed by atoms with Gasteiger partial charge < -0.3 is 19.4 Å². The standard InChI is InChI=1S/C25H24N4O4S2/c1-16-9-7-8-12-19(16)33-13-20-27-28-25(29(20)2)35-15-21(30)26-23-22(24(31)32-3)18(14-34-23)17-10-5-4-6-11-17/h4-12,14H,13,15H2,1-3H3,(H,26,30). The van der Waals surface area contributed by atoms with Crippen LogP contribution in [0.15, 0.2) is 65.1 Å². The predicted octanol–water partition coefficient (Wildman–Crippen LogP) is 4.95. The molecular formula is C25H24N4O4S2. The van der Waals surface area contributed by atoms with Gasteiger partial charge in [0.2, 0.25) is 5.91 Å². The van der Waals surface area contributed by atoms with Crippen LogP contribution in [-0.4, -0.2) is 39.5 Å². The Kier molecular flexibility index (Phi) is 7.84. The van der Waals surface area contributed by atoms with Crippen molar-refractivity contribution >= 4 is 40.0 Å². The molecule has 0 aliphatic rings. The largest absolute Gasteiger partial charge is 0.485 e. The monoisotopic (exact) mass is 508 g/mol. The number of thiophene rings is 1. The molecule has 0 atom stereocenters. The Morgan fingerprint density at radius 1 is 1.09 bits per heavy atom. The number of anilines is 1. The third-order valence-corrected chi connectivity index (χ3v) is 7.14. The summed E-state index contributed by atoms with van der Waals surface area (Å²) in [5, 5.41) is 14.1. The maximum Gasteiger partial charge on any atom is 0.341 e. The molecule has 2 heterocycles. The zero-order valence-electron chi connectivity index (χ0n) is 19.5. The molecule has 2 aromatic carbocycles. The molecule has 0 saturated carbocycles. The summed E-state index contributed by atoms with van der Waals surface area (Å²) in [6.07, 6.45) is 0. The van der Waals surface area contributed by atoms with E-state index in [9.17, 15) is 9.59 Å². The highest BCUT2D eigenvalue weighted by Gasteiger charge is 2.22. The third kappa shape index (κ3) is 5.72. The first kappa shape index (κ1) is 24.5. The predicted molar refractivity (Wildman–Crippen MR) is 137 cm³/mol. The Bertz CT molecular complexity index is 1330. The number of aromatic nitrogens is 3. The number of aryl methyl sites for hydroxylation is 1. The normalized spacial score (nSPS) is 10.7. The highest BCUT2D eigenvalue weighted by molar-refractivity contribution is 7.99. The van der Waals surface area contributed by atoms with Gasteiger partial charge in [0, 0.05) is 18.0 Å². The lowest BCUT2D eigenvalue weighted by molar-refractivity contribution is -0.113. The van der Waals surface area contributed by atoms with Crippen molar-refractivity contribution in [3.05, 3.63) is 76.9 Å². The molecule has 0 spiro atoms. The number of nitrogens with zero attached hydrogens (tertiary/aromatic N) is 3. The lowest BCUT2D eigenvalue weighted by Gasteiger charge is -2.09. The van der Waals surface area contributed by atoms with E-state index >= 15 is 0 Å². The van der Waals surface area contributed by atoms with Crippen LogP contribution in [0.1, 0.15) is 21.7 Å². The van der Waals surface area contributed by atoms with Gasteiger partial charge in [-0.2, -0.15) is 0 Å². The molecule has 0 radical (unpaired) electrons. The van der Waals surface area contributed by atoms with Crippen molar-refractivity contribution in [2.75, 3.05) is 18.2 Å². The Balaban J connectivity index is 1.40. The minimum absolute atomic E-state index is 0.101. The quantitative estimate of drug-likeness (QED) is 0.252. The summed E-state index contributed by atoms with van der Waals surface area (Å²) in [6, 6.07) is 17.3. The Morgan fingerprint density at radius 2 is 1.83 bits per heavy atom. The fourth-order valence-corrected chi connectivity index (χ4v) is 5.04. The van der Waals surface area contributed by atoms with E-state index in [0.717, 1.165) is 22.4 Å². The van der Waals surface area contributed by atoms with Crippen molar-refractivity contribution in [1.82, 2.24) is 14.8 Å². The molecule has 0 unspecified atom stereocenters. The number of amides is 1. The summed E-state index contributed by atoms with van der Waals surface area (Å²) in [6.45, 7) is 2.25. The van der Waals surface area contributed by atoms with Crippen LogP contribution in [0, 0.1) is 6.92 Å². The maximum atomic E-state index is 12.7. The van der Waals surface area contributed by atoms with E-state index in [1.165, 1.54) is 30.2 Å². The van der Waals surface area contributed by atoms with Crippen LogP contribution in [0.3, 0.4) is 0 Å². The topological polar surface area (TPSA) is 95.3 Å². The number of methoxy groups -OCH3 is 1. The van der Waals surface area contributed by atoms with Gasteiger partial charge in [0.1, 0.15) is 22.9 Å². The summed E-state index contributed by atoms with van der Waals surface area (Å²) in [5.41, 5.74) is 2.98. The molecule has 4 rings (SSSR count). The van der Waals surface area contributed by atoms with Crippen LogP contribution >= 0.6 is 23.1 Å². The second-order valence-corrected chi connectivity index (χ2v) is 9.38.